The molecule has 0 aromatic heterocycles. The van der Waals surface area contributed by atoms with Gasteiger partial charge in [0, 0.05) is 0 Å². The van der Waals surface area contributed by atoms with Crippen LogP contribution < -0.4 is 4.74 Å². The molecule has 1 aromatic rings. The van der Waals surface area contributed by atoms with Crippen molar-refractivity contribution in [2.24, 2.45) is 0 Å². The molecule has 3 heteroatoms. The normalized spacial score (nSPS) is 14.4. The minimum absolute atomic E-state index is 0.0993. The van der Waals surface area contributed by atoms with Crippen molar-refractivity contribution in [2.75, 3.05) is 6.61 Å². The summed E-state index contributed by atoms with van der Waals surface area (Å²) in [6, 6.07) is 3.03. The van der Waals surface area contributed by atoms with Gasteiger partial charge in [-0.25, -0.2) is 4.39 Å². The molecular weight excluding hydrogens is 183 g/mol. The van der Waals surface area contributed by atoms with Gasteiger partial charge in [0.15, 0.2) is 5.78 Å². The maximum absolute atomic E-state index is 13.3. The van der Waals surface area contributed by atoms with Crippen LogP contribution in [0.3, 0.4) is 0 Å². The highest BCUT2D eigenvalue weighted by molar-refractivity contribution is 5.97. The Morgan fingerprint density at radius 3 is 3.00 bits per heavy atom. The monoisotopic (exact) mass is 194 g/mol. The maximum atomic E-state index is 13.3. The van der Waals surface area contributed by atoms with E-state index < -0.39 is 5.82 Å². The Kier molecular flexibility index (Phi) is 2.23. The van der Waals surface area contributed by atoms with Crippen LogP contribution in [0.5, 0.6) is 5.75 Å². The second-order valence-electron chi connectivity index (χ2n) is 3.42. The van der Waals surface area contributed by atoms with Crippen molar-refractivity contribution in [2.45, 2.75) is 19.8 Å². The lowest BCUT2D eigenvalue weighted by molar-refractivity contribution is 0.100. The van der Waals surface area contributed by atoms with Crippen LogP contribution in [-0.2, 0) is 6.42 Å². The molecule has 2 rings (SSSR count). The number of Topliss-reactive ketones (excluding diaryl/α,β-unsaturated/α-hetero) is 1. The lowest BCUT2D eigenvalue weighted by Crippen LogP contribution is -2.13. The van der Waals surface area contributed by atoms with Crippen molar-refractivity contribution >= 4 is 5.78 Å². The van der Waals surface area contributed by atoms with E-state index >= 15 is 0 Å². The van der Waals surface area contributed by atoms with E-state index in [0.29, 0.717) is 12.4 Å². The number of hydrogen-bond acceptors (Lipinski definition) is 2. The number of hydrogen-bond donors (Lipinski definition) is 0. The first-order valence-electron chi connectivity index (χ1n) is 4.65. The summed E-state index contributed by atoms with van der Waals surface area (Å²) in [7, 11) is 0. The zero-order chi connectivity index (χ0) is 10.1. The van der Waals surface area contributed by atoms with Crippen molar-refractivity contribution in [3.05, 3.63) is 29.1 Å². The molecule has 14 heavy (non-hydrogen) atoms. The van der Waals surface area contributed by atoms with Gasteiger partial charge in [0.1, 0.15) is 11.6 Å². The third-order valence-corrected chi connectivity index (χ3v) is 2.38. The molecular formula is C11H11FO2. The Morgan fingerprint density at radius 1 is 1.50 bits per heavy atom. The van der Waals surface area contributed by atoms with Gasteiger partial charge in [-0.05, 0) is 31.4 Å². The number of ketones is 1. The second-order valence-corrected chi connectivity index (χ2v) is 3.42. The van der Waals surface area contributed by atoms with Crippen LogP contribution in [0.15, 0.2) is 12.1 Å². The molecule has 0 radical (unpaired) electrons. The van der Waals surface area contributed by atoms with E-state index in [4.69, 9.17) is 4.74 Å². The van der Waals surface area contributed by atoms with Crippen LogP contribution in [0.1, 0.15) is 29.3 Å². The maximum Gasteiger partial charge on any atom is 0.166 e. The highest BCUT2D eigenvalue weighted by atomic mass is 19.1. The standard InChI is InChI=1S/C11H11FO2/c1-7(13)10-9(12)5-4-8-3-2-6-14-11(8)10/h4-5H,2-3,6H2,1H3. The zero-order valence-corrected chi connectivity index (χ0v) is 7.97. The smallest absolute Gasteiger partial charge is 0.166 e. The third kappa shape index (κ3) is 1.39. The molecule has 0 saturated carbocycles. The van der Waals surface area contributed by atoms with Gasteiger partial charge in [-0.1, -0.05) is 6.07 Å². The van der Waals surface area contributed by atoms with Gasteiger partial charge in [0.25, 0.3) is 0 Å². The van der Waals surface area contributed by atoms with E-state index in [2.05, 4.69) is 0 Å². The molecule has 2 nitrogen and oxygen atoms in total. The Bertz CT molecular complexity index is 385. The first kappa shape index (κ1) is 9.19. The lowest BCUT2D eigenvalue weighted by Gasteiger charge is -2.19. The fourth-order valence-corrected chi connectivity index (χ4v) is 1.73. The summed E-state index contributed by atoms with van der Waals surface area (Å²) >= 11 is 0. The van der Waals surface area contributed by atoms with E-state index in [1.165, 1.54) is 13.0 Å². The first-order valence-corrected chi connectivity index (χ1v) is 4.65. The van der Waals surface area contributed by atoms with E-state index in [0.717, 1.165) is 18.4 Å². The molecule has 1 aliphatic rings. The van der Waals surface area contributed by atoms with Crippen LogP contribution in [0, 0.1) is 5.82 Å². The topological polar surface area (TPSA) is 26.3 Å². The number of rotatable bonds is 1. The highest BCUT2D eigenvalue weighted by Crippen LogP contribution is 2.31. The average Bonchev–Trinajstić information content (AvgIpc) is 2.17. The second kappa shape index (κ2) is 3.40. The lowest BCUT2D eigenvalue weighted by atomic mass is 10.00. The Hall–Kier alpha value is -1.38. The predicted molar refractivity (Wildman–Crippen MR) is 50.2 cm³/mol. The van der Waals surface area contributed by atoms with Crippen molar-refractivity contribution < 1.29 is 13.9 Å². The van der Waals surface area contributed by atoms with Crippen molar-refractivity contribution in [1.82, 2.24) is 0 Å². The summed E-state index contributed by atoms with van der Waals surface area (Å²) in [6.07, 6.45) is 1.78. The molecule has 1 aliphatic heterocycles. The molecule has 74 valence electrons. The van der Waals surface area contributed by atoms with Gasteiger partial charge in [-0.3, -0.25) is 4.79 Å². The van der Waals surface area contributed by atoms with Gasteiger partial charge >= 0.3 is 0 Å². The number of fused-ring (bicyclic) bond motifs is 1. The van der Waals surface area contributed by atoms with Crippen LogP contribution in [0.25, 0.3) is 0 Å². The van der Waals surface area contributed by atoms with Crippen molar-refractivity contribution in [3.8, 4) is 5.75 Å². The van der Waals surface area contributed by atoms with Crippen molar-refractivity contribution in [1.29, 1.82) is 0 Å². The Labute approximate surface area is 81.7 Å². The molecule has 0 N–H and O–H groups in total. The number of carbonyl (C=O) groups excluding carboxylic acids is 1. The molecule has 0 unspecified atom stereocenters. The molecule has 1 aromatic carbocycles. The van der Waals surface area contributed by atoms with Gasteiger partial charge in [-0.2, -0.15) is 0 Å². The van der Waals surface area contributed by atoms with E-state index in [9.17, 15) is 9.18 Å². The number of carbonyl (C=O) groups is 1. The van der Waals surface area contributed by atoms with Crippen LogP contribution >= 0.6 is 0 Å². The molecule has 0 bridgehead atoms. The van der Waals surface area contributed by atoms with Crippen LogP contribution in [0.2, 0.25) is 0 Å². The number of aryl methyl sites for hydroxylation is 1. The van der Waals surface area contributed by atoms with Crippen LogP contribution in [-0.4, -0.2) is 12.4 Å². The summed E-state index contributed by atoms with van der Waals surface area (Å²) < 4.78 is 18.7. The average molecular weight is 194 g/mol. The van der Waals surface area contributed by atoms with E-state index in [1.807, 2.05) is 0 Å². The summed E-state index contributed by atoms with van der Waals surface area (Å²) in [5.74, 6) is -0.317. The minimum atomic E-state index is -0.488. The van der Waals surface area contributed by atoms with Crippen LogP contribution in [0.4, 0.5) is 4.39 Å². The molecule has 0 fully saturated rings. The SMILES string of the molecule is CC(=O)c1c(F)ccc2c1OCCC2. The van der Waals surface area contributed by atoms with Crippen molar-refractivity contribution in [3.63, 3.8) is 0 Å². The summed E-state index contributed by atoms with van der Waals surface area (Å²) in [6.45, 7) is 1.92. The summed E-state index contributed by atoms with van der Waals surface area (Å²) in [4.78, 5) is 11.2. The quantitative estimate of drug-likeness (QED) is 0.641. The van der Waals surface area contributed by atoms with E-state index in [1.54, 1.807) is 6.07 Å². The molecule has 0 aliphatic carbocycles. The molecule has 0 spiro atoms. The highest BCUT2D eigenvalue weighted by Gasteiger charge is 2.20. The molecule has 0 atom stereocenters. The minimum Gasteiger partial charge on any atom is -0.492 e. The number of ether oxygens (including phenoxy) is 1. The summed E-state index contributed by atoms with van der Waals surface area (Å²) in [5, 5.41) is 0. The predicted octanol–water partition coefficient (Wildman–Crippen LogP) is 2.35. The fraction of sp³-hybridized carbons (Fsp3) is 0.364. The van der Waals surface area contributed by atoms with Gasteiger partial charge < -0.3 is 4.74 Å². The summed E-state index contributed by atoms with van der Waals surface area (Å²) in [5.41, 5.74) is 1.03. The van der Waals surface area contributed by atoms with Gasteiger partial charge in [0.05, 0.1) is 12.2 Å². The third-order valence-electron chi connectivity index (χ3n) is 2.38. The molecule has 0 amide bonds. The largest absolute Gasteiger partial charge is 0.492 e. The fourth-order valence-electron chi connectivity index (χ4n) is 1.73. The molecule has 1 heterocycles. The van der Waals surface area contributed by atoms with Gasteiger partial charge in [0.2, 0.25) is 0 Å². The number of benzene rings is 1. The number of halogens is 1. The Balaban J connectivity index is 2.60. The Morgan fingerprint density at radius 2 is 2.29 bits per heavy atom. The van der Waals surface area contributed by atoms with Gasteiger partial charge in [-0.15, -0.1) is 0 Å². The zero-order valence-electron chi connectivity index (χ0n) is 7.97. The molecule has 0 saturated heterocycles. The van der Waals surface area contributed by atoms with E-state index in [-0.39, 0.29) is 11.3 Å². The first-order chi connectivity index (χ1) is 6.70.